The molecular weight excluding hydrogens is 436 g/mol. The molecule has 0 unspecified atom stereocenters. The second-order valence-electron chi connectivity index (χ2n) is 8.90. The van der Waals surface area contributed by atoms with Crippen LogP contribution in [0.4, 0.5) is 19.3 Å². The number of hydrogen-bond donors (Lipinski definition) is 2. The number of benzene rings is 1. The number of nitrogens with one attached hydrogen (secondary N) is 2. The first-order valence-corrected chi connectivity index (χ1v) is 11.4. The quantitative estimate of drug-likeness (QED) is 0.654. The van der Waals surface area contributed by atoms with Crippen LogP contribution in [-0.2, 0) is 19.1 Å². The number of piperidine rings is 1. The summed E-state index contributed by atoms with van der Waals surface area (Å²) in [5.74, 6) is -4.41. The lowest BCUT2D eigenvalue weighted by Crippen LogP contribution is -2.42. The van der Waals surface area contributed by atoms with Gasteiger partial charge in [0.25, 0.3) is 0 Å². The largest absolute Gasteiger partial charge is 0.449 e. The van der Waals surface area contributed by atoms with Crippen LogP contribution in [0.25, 0.3) is 0 Å². The molecule has 2 atom stereocenters. The molecule has 0 aromatic heterocycles. The Kier molecular flexibility index (Phi) is 6.90. The van der Waals surface area contributed by atoms with Crippen LogP contribution in [0, 0.1) is 17.6 Å². The second kappa shape index (κ2) is 9.84. The van der Waals surface area contributed by atoms with Crippen LogP contribution in [0.1, 0.15) is 62.8 Å². The molecule has 1 aromatic rings. The zero-order valence-electron chi connectivity index (χ0n) is 18.2. The molecule has 1 saturated carbocycles. The first kappa shape index (κ1) is 23.1. The van der Waals surface area contributed by atoms with Crippen molar-refractivity contribution in [1.29, 1.82) is 0 Å². The number of rotatable bonds is 5. The van der Waals surface area contributed by atoms with Crippen molar-refractivity contribution in [1.82, 2.24) is 10.6 Å². The van der Waals surface area contributed by atoms with Gasteiger partial charge in [0.15, 0.2) is 0 Å². The molecular formula is C23H27F2N3O5. The molecule has 0 radical (unpaired) electrons. The van der Waals surface area contributed by atoms with Gasteiger partial charge in [-0.1, -0.05) is 19.3 Å². The third-order valence-corrected chi connectivity index (χ3v) is 6.64. The molecule has 4 amide bonds. The molecule has 4 rings (SSSR count). The number of carbonyl (C=O) groups excluding carboxylic acids is 4. The van der Waals surface area contributed by atoms with Crippen LogP contribution in [-0.4, -0.2) is 43.0 Å². The lowest BCUT2D eigenvalue weighted by molar-refractivity contribution is -0.134. The molecule has 33 heavy (non-hydrogen) atoms. The van der Waals surface area contributed by atoms with Gasteiger partial charge in [-0.25, -0.2) is 13.6 Å². The Morgan fingerprint density at radius 1 is 1.06 bits per heavy atom. The van der Waals surface area contributed by atoms with Crippen molar-refractivity contribution in [2.75, 3.05) is 18.1 Å². The molecule has 2 heterocycles. The molecule has 0 bridgehead atoms. The Hall–Kier alpha value is -3.04. The molecule has 1 aromatic carbocycles. The molecule has 10 heteroatoms. The minimum Gasteiger partial charge on any atom is -0.449 e. The Bertz CT molecular complexity index is 940. The number of nitrogens with zero attached hydrogens (tertiary/aromatic N) is 1. The average Bonchev–Trinajstić information content (AvgIpc) is 3.14. The number of imide groups is 1. The lowest BCUT2D eigenvalue weighted by atomic mass is 9.89. The van der Waals surface area contributed by atoms with Crippen LogP contribution < -0.4 is 15.5 Å². The number of ether oxygens (including phenoxy) is 1. The Morgan fingerprint density at radius 3 is 2.42 bits per heavy atom. The first-order valence-electron chi connectivity index (χ1n) is 11.4. The van der Waals surface area contributed by atoms with Crippen LogP contribution in [0.15, 0.2) is 12.1 Å². The summed E-state index contributed by atoms with van der Waals surface area (Å²) in [6.45, 7) is 0.484. The Balaban J connectivity index is 1.38. The molecule has 8 nitrogen and oxygen atoms in total. The number of alkyl carbamates (subject to hydrolysis) is 1. The fourth-order valence-corrected chi connectivity index (χ4v) is 4.83. The Labute approximate surface area is 190 Å². The highest BCUT2D eigenvalue weighted by Gasteiger charge is 2.37. The van der Waals surface area contributed by atoms with Crippen molar-refractivity contribution in [3.05, 3.63) is 29.3 Å². The summed E-state index contributed by atoms with van der Waals surface area (Å²) >= 11 is 0. The highest BCUT2D eigenvalue weighted by atomic mass is 19.1. The van der Waals surface area contributed by atoms with Crippen LogP contribution in [0.3, 0.4) is 0 Å². The first-order chi connectivity index (χ1) is 15.8. The van der Waals surface area contributed by atoms with Gasteiger partial charge in [-0.15, -0.1) is 0 Å². The minimum atomic E-state index is -1.11. The van der Waals surface area contributed by atoms with E-state index >= 15 is 0 Å². The van der Waals surface area contributed by atoms with Gasteiger partial charge in [0.05, 0.1) is 12.5 Å². The fraction of sp³-hybridized carbons (Fsp3) is 0.565. The zero-order chi connectivity index (χ0) is 23.5. The van der Waals surface area contributed by atoms with Crippen LogP contribution in [0.2, 0.25) is 0 Å². The molecule has 0 spiro atoms. The predicted molar refractivity (Wildman–Crippen MR) is 113 cm³/mol. The van der Waals surface area contributed by atoms with Crippen molar-refractivity contribution in [2.45, 2.75) is 63.3 Å². The SMILES string of the molecule is O=C1CC[C@H](c2c(F)cc(N3CC[C@@H](NC(=O)OCC4CCCCC4)C3=O)cc2F)C(=O)N1. The topological polar surface area (TPSA) is 105 Å². The standard InChI is InChI=1S/C23H27F2N3O5/c24-16-10-14(11-17(25)20(16)15-6-7-19(29)27-21(15)30)28-9-8-18(22(28)31)26-23(32)33-12-13-4-2-1-3-5-13/h10-11,13,15,18H,1-9,12H2,(H,26,32)(H,27,29,30)/t15-,18-/m1/s1. The number of hydrogen-bond acceptors (Lipinski definition) is 5. The molecule has 2 aliphatic heterocycles. The van der Waals surface area contributed by atoms with Crippen molar-refractivity contribution in [3.63, 3.8) is 0 Å². The van der Waals surface area contributed by atoms with E-state index in [-0.39, 0.29) is 31.5 Å². The molecule has 1 aliphatic carbocycles. The third-order valence-electron chi connectivity index (χ3n) is 6.64. The van der Waals surface area contributed by atoms with Gasteiger partial charge in [-0.05, 0) is 43.7 Å². The van der Waals surface area contributed by atoms with Gasteiger partial charge in [0, 0.05) is 24.2 Å². The summed E-state index contributed by atoms with van der Waals surface area (Å²) in [5.41, 5.74) is -0.415. The van der Waals surface area contributed by atoms with Crippen LogP contribution >= 0.6 is 0 Å². The van der Waals surface area contributed by atoms with Crippen molar-refractivity contribution >= 4 is 29.5 Å². The van der Waals surface area contributed by atoms with Gasteiger partial charge in [0.1, 0.15) is 17.7 Å². The average molecular weight is 463 g/mol. The van der Waals surface area contributed by atoms with E-state index in [1.54, 1.807) is 0 Å². The third kappa shape index (κ3) is 5.15. The van der Waals surface area contributed by atoms with Gasteiger partial charge >= 0.3 is 6.09 Å². The van der Waals surface area contributed by atoms with E-state index in [0.717, 1.165) is 37.8 Å². The normalized spacial score (nSPS) is 24.1. The summed E-state index contributed by atoms with van der Waals surface area (Å²) in [6, 6.07) is 1.16. The molecule has 3 fully saturated rings. The summed E-state index contributed by atoms with van der Waals surface area (Å²) in [6.07, 6.45) is 5.10. The maximum absolute atomic E-state index is 14.8. The zero-order valence-corrected chi connectivity index (χ0v) is 18.2. The van der Waals surface area contributed by atoms with E-state index in [1.807, 2.05) is 0 Å². The summed E-state index contributed by atoms with van der Waals surface area (Å²) in [5, 5.41) is 4.63. The Morgan fingerprint density at radius 2 is 1.76 bits per heavy atom. The van der Waals surface area contributed by atoms with Gasteiger partial charge in [-0.3, -0.25) is 19.7 Å². The summed E-state index contributed by atoms with van der Waals surface area (Å²) in [7, 11) is 0. The van der Waals surface area contributed by atoms with Gasteiger partial charge < -0.3 is 15.0 Å². The highest BCUT2D eigenvalue weighted by Crippen LogP contribution is 2.33. The molecule has 178 valence electrons. The number of halogens is 2. The number of amides is 4. The lowest BCUT2D eigenvalue weighted by Gasteiger charge is -2.24. The molecule has 2 N–H and O–H groups in total. The number of carbonyl (C=O) groups is 4. The van der Waals surface area contributed by atoms with E-state index in [4.69, 9.17) is 4.74 Å². The maximum atomic E-state index is 14.8. The van der Waals surface area contributed by atoms with E-state index in [0.29, 0.717) is 12.5 Å². The smallest absolute Gasteiger partial charge is 0.407 e. The van der Waals surface area contributed by atoms with Crippen molar-refractivity contribution in [3.8, 4) is 0 Å². The maximum Gasteiger partial charge on any atom is 0.407 e. The summed E-state index contributed by atoms with van der Waals surface area (Å²) < 4.78 is 34.9. The fourth-order valence-electron chi connectivity index (χ4n) is 4.83. The monoisotopic (exact) mass is 463 g/mol. The van der Waals surface area contributed by atoms with Gasteiger partial charge in [0.2, 0.25) is 17.7 Å². The molecule has 3 aliphatic rings. The van der Waals surface area contributed by atoms with Crippen molar-refractivity contribution < 1.29 is 32.7 Å². The van der Waals surface area contributed by atoms with E-state index < -0.39 is 53.0 Å². The van der Waals surface area contributed by atoms with Crippen LogP contribution in [0.5, 0.6) is 0 Å². The predicted octanol–water partition coefficient (Wildman–Crippen LogP) is 2.90. The molecule has 2 saturated heterocycles. The van der Waals surface area contributed by atoms with Gasteiger partial charge in [-0.2, -0.15) is 0 Å². The van der Waals surface area contributed by atoms with Crippen molar-refractivity contribution in [2.24, 2.45) is 5.92 Å². The minimum absolute atomic E-state index is 0.00548. The van der Waals surface area contributed by atoms with E-state index in [1.165, 1.54) is 11.3 Å². The van der Waals surface area contributed by atoms with E-state index in [9.17, 15) is 28.0 Å². The van der Waals surface area contributed by atoms with E-state index in [2.05, 4.69) is 10.6 Å². The number of anilines is 1. The highest BCUT2D eigenvalue weighted by molar-refractivity contribution is 6.02. The second-order valence-corrected chi connectivity index (χ2v) is 8.90. The summed E-state index contributed by atoms with van der Waals surface area (Å²) in [4.78, 5) is 49.4.